The molecule has 0 saturated heterocycles. The SMILES string of the molecule is CC(C)(C)[Si](C)(C)OCCC1C=CC(=O)C1. The molecule has 1 aliphatic carbocycles. The van der Waals surface area contributed by atoms with Crippen LogP contribution in [0.25, 0.3) is 0 Å². The van der Waals surface area contributed by atoms with Crippen molar-refractivity contribution in [3.63, 3.8) is 0 Å². The summed E-state index contributed by atoms with van der Waals surface area (Å²) in [6, 6.07) is 0. The average molecular weight is 240 g/mol. The standard InChI is InChI=1S/C13H24O2Si/c1-13(2,3)16(4,5)15-9-8-11-6-7-12(14)10-11/h6-7,11H,8-10H2,1-5H3. The molecule has 1 aliphatic rings. The second-order valence-electron chi connectivity index (χ2n) is 6.19. The molecule has 1 atom stereocenters. The first-order valence-electron chi connectivity index (χ1n) is 6.07. The Labute approximate surface area is 100 Å². The smallest absolute Gasteiger partial charge is 0.191 e. The number of hydrogen-bond acceptors (Lipinski definition) is 2. The third kappa shape index (κ3) is 3.56. The molecule has 2 nitrogen and oxygen atoms in total. The van der Waals surface area contributed by atoms with Gasteiger partial charge in [0.2, 0.25) is 0 Å². The molecule has 0 heterocycles. The van der Waals surface area contributed by atoms with Crippen LogP contribution in [0.4, 0.5) is 0 Å². The average Bonchev–Trinajstić information content (AvgIpc) is 2.49. The Bertz CT molecular complexity index is 287. The van der Waals surface area contributed by atoms with Gasteiger partial charge in [0.15, 0.2) is 14.1 Å². The Kier molecular flexibility index (Phi) is 4.13. The second-order valence-corrected chi connectivity index (χ2v) is 11.0. The fourth-order valence-corrected chi connectivity index (χ4v) is 2.58. The summed E-state index contributed by atoms with van der Waals surface area (Å²) in [4.78, 5) is 11.1. The maximum atomic E-state index is 11.1. The van der Waals surface area contributed by atoms with Gasteiger partial charge in [0, 0.05) is 13.0 Å². The molecule has 0 radical (unpaired) electrons. The summed E-state index contributed by atoms with van der Waals surface area (Å²) in [6.45, 7) is 12.1. The topological polar surface area (TPSA) is 26.3 Å². The van der Waals surface area contributed by atoms with Crippen molar-refractivity contribution in [2.45, 2.75) is 51.7 Å². The maximum absolute atomic E-state index is 11.1. The molecule has 0 aromatic rings. The van der Waals surface area contributed by atoms with Crippen LogP contribution in [0.15, 0.2) is 12.2 Å². The first kappa shape index (κ1) is 13.7. The Morgan fingerprint density at radius 2 is 2.06 bits per heavy atom. The number of hydrogen-bond donors (Lipinski definition) is 0. The Morgan fingerprint density at radius 1 is 1.44 bits per heavy atom. The van der Waals surface area contributed by atoms with Crippen molar-refractivity contribution in [3.05, 3.63) is 12.2 Å². The van der Waals surface area contributed by atoms with Crippen LogP contribution in [0, 0.1) is 5.92 Å². The predicted molar refractivity (Wildman–Crippen MR) is 70.0 cm³/mol. The molecule has 0 saturated carbocycles. The van der Waals surface area contributed by atoms with Gasteiger partial charge in [-0.05, 0) is 36.5 Å². The van der Waals surface area contributed by atoms with Gasteiger partial charge in [0.05, 0.1) is 0 Å². The van der Waals surface area contributed by atoms with Gasteiger partial charge in [-0.15, -0.1) is 0 Å². The molecule has 1 unspecified atom stereocenters. The molecule has 0 N–H and O–H groups in total. The molecule has 0 spiro atoms. The van der Waals surface area contributed by atoms with Gasteiger partial charge in [-0.25, -0.2) is 0 Å². The van der Waals surface area contributed by atoms with E-state index in [2.05, 4.69) is 33.9 Å². The first-order chi connectivity index (χ1) is 7.22. The van der Waals surface area contributed by atoms with Crippen molar-refractivity contribution in [1.29, 1.82) is 0 Å². The van der Waals surface area contributed by atoms with Crippen LogP contribution in [0.1, 0.15) is 33.6 Å². The highest BCUT2D eigenvalue weighted by atomic mass is 28.4. The van der Waals surface area contributed by atoms with E-state index in [-0.39, 0.29) is 10.8 Å². The third-order valence-electron chi connectivity index (χ3n) is 3.78. The van der Waals surface area contributed by atoms with Gasteiger partial charge >= 0.3 is 0 Å². The quantitative estimate of drug-likeness (QED) is 0.703. The van der Waals surface area contributed by atoms with E-state index in [4.69, 9.17) is 4.43 Å². The highest BCUT2D eigenvalue weighted by Crippen LogP contribution is 2.36. The lowest BCUT2D eigenvalue weighted by molar-refractivity contribution is -0.114. The van der Waals surface area contributed by atoms with Gasteiger partial charge < -0.3 is 4.43 Å². The van der Waals surface area contributed by atoms with Gasteiger partial charge in [0.25, 0.3) is 0 Å². The lowest BCUT2D eigenvalue weighted by atomic mass is 10.1. The van der Waals surface area contributed by atoms with Crippen LogP contribution in [0.3, 0.4) is 0 Å². The van der Waals surface area contributed by atoms with E-state index in [1.54, 1.807) is 6.08 Å². The van der Waals surface area contributed by atoms with E-state index in [0.717, 1.165) is 13.0 Å². The summed E-state index contributed by atoms with van der Waals surface area (Å²) in [5, 5.41) is 0.272. The van der Waals surface area contributed by atoms with E-state index in [9.17, 15) is 4.79 Å². The van der Waals surface area contributed by atoms with Crippen LogP contribution in [0.2, 0.25) is 18.1 Å². The maximum Gasteiger partial charge on any atom is 0.191 e. The molecule has 0 aromatic carbocycles. The summed E-state index contributed by atoms with van der Waals surface area (Å²) >= 11 is 0. The van der Waals surface area contributed by atoms with Crippen molar-refractivity contribution < 1.29 is 9.22 Å². The number of carbonyl (C=O) groups is 1. The first-order valence-corrected chi connectivity index (χ1v) is 8.98. The van der Waals surface area contributed by atoms with Crippen molar-refractivity contribution in [2.75, 3.05) is 6.61 Å². The molecule has 16 heavy (non-hydrogen) atoms. The van der Waals surface area contributed by atoms with Gasteiger partial charge in [0.1, 0.15) is 0 Å². The molecule has 92 valence electrons. The van der Waals surface area contributed by atoms with E-state index < -0.39 is 8.32 Å². The van der Waals surface area contributed by atoms with Crippen LogP contribution >= 0.6 is 0 Å². The molecule has 0 bridgehead atoms. The van der Waals surface area contributed by atoms with Crippen LogP contribution in [0.5, 0.6) is 0 Å². The zero-order valence-electron chi connectivity index (χ0n) is 11.2. The molecular weight excluding hydrogens is 216 g/mol. The van der Waals surface area contributed by atoms with Gasteiger partial charge in [-0.2, -0.15) is 0 Å². The van der Waals surface area contributed by atoms with Crippen LogP contribution in [-0.4, -0.2) is 20.7 Å². The highest BCUT2D eigenvalue weighted by molar-refractivity contribution is 6.74. The lowest BCUT2D eigenvalue weighted by Gasteiger charge is -2.36. The van der Waals surface area contributed by atoms with Crippen molar-refractivity contribution >= 4 is 14.1 Å². The second kappa shape index (κ2) is 4.84. The predicted octanol–water partition coefficient (Wildman–Crippen LogP) is 3.54. The van der Waals surface area contributed by atoms with Gasteiger partial charge in [-0.1, -0.05) is 26.8 Å². The Balaban J connectivity index is 2.31. The summed E-state index contributed by atoms with van der Waals surface area (Å²) in [5.74, 6) is 0.676. The summed E-state index contributed by atoms with van der Waals surface area (Å²) in [6.07, 6.45) is 5.39. The number of ketones is 1. The molecule has 1 rings (SSSR count). The summed E-state index contributed by atoms with van der Waals surface area (Å²) in [5.41, 5.74) is 0. The number of allylic oxidation sites excluding steroid dienone is 2. The summed E-state index contributed by atoms with van der Waals surface area (Å²) in [7, 11) is -1.60. The van der Waals surface area contributed by atoms with Crippen molar-refractivity contribution in [3.8, 4) is 0 Å². The van der Waals surface area contributed by atoms with Crippen molar-refractivity contribution in [2.24, 2.45) is 5.92 Å². The largest absolute Gasteiger partial charge is 0.417 e. The van der Waals surface area contributed by atoms with Crippen molar-refractivity contribution in [1.82, 2.24) is 0 Å². The van der Waals surface area contributed by atoms with E-state index >= 15 is 0 Å². The van der Waals surface area contributed by atoms with Crippen LogP contribution in [-0.2, 0) is 9.22 Å². The number of carbonyl (C=O) groups excluding carboxylic acids is 1. The number of rotatable bonds is 4. The summed E-state index contributed by atoms with van der Waals surface area (Å²) < 4.78 is 6.08. The van der Waals surface area contributed by atoms with Crippen LogP contribution < -0.4 is 0 Å². The fraction of sp³-hybridized carbons (Fsp3) is 0.769. The highest BCUT2D eigenvalue weighted by Gasteiger charge is 2.37. The van der Waals surface area contributed by atoms with E-state index in [0.29, 0.717) is 12.3 Å². The Hall–Kier alpha value is -0.413. The minimum absolute atomic E-state index is 0.261. The van der Waals surface area contributed by atoms with Gasteiger partial charge in [-0.3, -0.25) is 4.79 Å². The molecule has 0 aliphatic heterocycles. The minimum atomic E-state index is -1.60. The normalized spacial score (nSPS) is 21.8. The minimum Gasteiger partial charge on any atom is -0.417 e. The lowest BCUT2D eigenvalue weighted by Crippen LogP contribution is -2.41. The molecule has 0 amide bonds. The zero-order valence-corrected chi connectivity index (χ0v) is 12.2. The molecule has 0 aromatic heterocycles. The molecule has 0 fully saturated rings. The van der Waals surface area contributed by atoms with E-state index in [1.165, 1.54) is 0 Å². The molecular formula is C13H24O2Si. The molecule has 3 heteroatoms. The van der Waals surface area contributed by atoms with E-state index in [1.807, 2.05) is 6.08 Å². The zero-order chi connectivity index (χ0) is 12.4. The fourth-order valence-electron chi connectivity index (χ4n) is 1.52. The third-order valence-corrected chi connectivity index (χ3v) is 8.31. The Morgan fingerprint density at radius 3 is 2.50 bits per heavy atom. The monoisotopic (exact) mass is 240 g/mol.